The van der Waals surface area contributed by atoms with E-state index in [1.54, 1.807) is 12.3 Å². The molecule has 1 aliphatic heterocycles. The highest BCUT2D eigenvalue weighted by atomic mass is 16.5. The average Bonchev–Trinajstić information content (AvgIpc) is 3.20. The third-order valence-electron chi connectivity index (χ3n) is 5.29. The maximum absolute atomic E-state index is 12.0. The van der Waals surface area contributed by atoms with E-state index in [4.69, 9.17) is 4.74 Å². The van der Waals surface area contributed by atoms with Gasteiger partial charge in [0.1, 0.15) is 18.1 Å². The molecular weight excluding hydrogens is 358 g/mol. The standard InChI is InChI=1S/C22H19NO5/c1-12-5-3-6-14(13(12)2)9-23-10-15(19-17(23)7-4-8-18(19)24)20(25)16-11-28-22(27)21(16)26/h3-8,10,24-25H,9,11H2,1-2H3. The number of fused-ring (bicyclic) bond motifs is 1. The number of aliphatic hydroxyl groups is 1. The number of phenols is 1. The van der Waals surface area contributed by atoms with E-state index >= 15 is 0 Å². The molecule has 0 atom stereocenters. The fourth-order valence-electron chi connectivity index (χ4n) is 3.54. The molecule has 0 saturated carbocycles. The van der Waals surface area contributed by atoms with Crippen LogP contribution in [0.4, 0.5) is 0 Å². The number of aliphatic hydroxyl groups excluding tert-OH is 1. The number of rotatable bonds is 3. The summed E-state index contributed by atoms with van der Waals surface area (Å²) in [6.45, 7) is 4.34. The highest BCUT2D eigenvalue weighted by Gasteiger charge is 2.33. The number of esters is 1. The van der Waals surface area contributed by atoms with E-state index in [0.717, 1.165) is 5.56 Å². The van der Waals surface area contributed by atoms with Gasteiger partial charge < -0.3 is 19.5 Å². The number of ether oxygens (including phenoxy) is 1. The van der Waals surface area contributed by atoms with Crippen molar-refractivity contribution in [2.45, 2.75) is 20.4 Å². The van der Waals surface area contributed by atoms with E-state index in [1.165, 1.54) is 17.2 Å². The number of cyclic esters (lactones) is 1. The molecule has 0 spiro atoms. The molecule has 0 amide bonds. The van der Waals surface area contributed by atoms with Crippen LogP contribution in [-0.4, -0.2) is 33.1 Å². The van der Waals surface area contributed by atoms with Crippen molar-refractivity contribution >= 4 is 28.4 Å². The van der Waals surface area contributed by atoms with E-state index in [-0.39, 0.29) is 23.7 Å². The van der Waals surface area contributed by atoms with Crippen molar-refractivity contribution in [3.63, 3.8) is 0 Å². The van der Waals surface area contributed by atoms with Gasteiger partial charge in [0.2, 0.25) is 0 Å². The van der Waals surface area contributed by atoms with E-state index < -0.39 is 11.8 Å². The Bertz CT molecular complexity index is 1170. The number of aryl methyl sites for hydroxylation is 1. The predicted molar refractivity (Wildman–Crippen MR) is 104 cm³/mol. The minimum Gasteiger partial charge on any atom is -0.507 e. The van der Waals surface area contributed by atoms with Gasteiger partial charge in [0.15, 0.2) is 0 Å². The Kier molecular flexibility index (Phi) is 4.19. The van der Waals surface area contributed by atoms with Gasteiger partial charge in [-0.3, -0.25) is 4.79 Å². The van der Waals surface area contributed by atoms with Crippen molar-refractivity contribution in [3.8, 4) is 5.75 Å². The second kappa shape index (κ2) is 6.56. The molecule has 0 radical (unpaired) electrons. The highest BCUT2D eigenvalue weighted by Crippen LogP contribution is 2.35. The molecule has 0 unspecified atom stereocenters. The Morgan fingerprint density at radius 1 is 1.14 bits per heavy atom. The van der Waals surface area contributed by atoms with Crippen molar-refractivity contribution in [2.75, 3.05) is 6.61 Å². The molecule has 28 heavy (non-hydrogen) atoms. The van der Waals surface area contributed by atoms with Crippen LogP contribution in [0.2, 0.25) is 0 Å². The van der Waals surface area contributed by atoms with Crippen molar-refractivity contribution in [1.82, 2.24) is 4.57 Å². The van der Waals surface area contributed by atoms with Crippen LogP contribution in [0.1, 0.15) is 22.3 Å². The van der Waals surface area contributed by atoms with E-state index in [2.05, 4.69) is 0 Å². The quantitative estimate of drug-likeness (QED) is 0.316. The van der Waals surface area contributed by atoms with Gasteiger partial charge in [-0.15, -0.1) is 0 Å². The normalized spacial score (nSPS) is 15.9. The van der Waals surface area contributed by atoms with Gasteiger partial charge in [-0.2, -0.15) is 0 Å². The molecule has 0 bridgehead atoms. The van der Waals surface area contributed by atoms with Crippen LogP contribution in [0, 0.1) is 13.8 Å². The summed E-state index contributed by atoms with van der Waals surface area (Å²) in [6, 6.07) is 11.1. The van der Waals surface area contributed by atoms with Crippen LogP contribution in [-0.2, 0) is 20.9 Å². The first-order chi connectivity index (χ1) is 13.4. The molecule has 142 valence electrons. The molecule has 0 aliphatic carbocycles. The molecule has 1 aromatic heterocycles. The predicted octanol–water partition coefficient (Wildman–Crippen LogP) is 3.41. The minimum atomic E-state index is -0.982. The van der Waals surface area contributed by atoms with Crippen LogP contribution < -0.4 is 0 Å². The van der Waals surface area contributed by atoms with Gasteiger partial charge in [0.25, 0.3) is 5.78 Å². The Morgan fingerprint density at radius 2 is 1.89 bits per heavy atom. The maximum atomic E-state index is 12.0. The Morgan fingerprint density at radius 3 is 2.61 bits per heavy atom. The summed E-state index contributed by atoms with van der Waals surface area (Å²) in [5.41, 5.74) is 4.35. The van der Waals surface area contributed by atoms with Crippen LogP contribution in [0.5, 0.6) is 5.75 Å². The third kappa shape index (κ3) is 2.74. The number of hydrogen-bond acceptors (Lipinski definition) is 5. The number of nitrogens with zero attached hydrogens (tertiary/aromatic N) is 1. The maximum Gasteiger partial charge on any atom is 0.379 e. The van der Waals surface area contributed by atoms with E-state index in [1.807, 2.05) is 42.7 Å². The molecule has 6 heteroatoms. The van der Waals surface area contributed by atoms with Gasteiger partial charge in [0, 0.05) is 18.3 Å². The summed E-state index contributed by atoms with van der Waals surface area (Å²) >= 11 is 0. The summed E-state index contributed by atoms with van der Waals surface area (Å²) in [6.07, 6.45) is 1.69. The lowest BCUT2D eigenvalue weighted by molar-refractivity contribution is -0.146. The lowest BCUT2D eigenvalue weighted by Gasteiger charge is -2.10. The third-order valence-corrected chi connectivity index (χ3v) is 5.29. The van der Waals surface area contributed by atoms with E-state index in [9.17, 15) is 19.8 Å². The number of hydrogen-bond donors (Lipinski definition) is 2. The zero-order chi connectivity index (χ0) is 20.0. The number of carbonyl (C=O) groups is 2. The molecule has 2 heterocycles. The largest absolute Gasteiger partial charge is 0.507 e. The number of Topliss-reactive ketones (excluding diaryl/α,β-unsaturated/α-hetero) is 1. The average molecular weight is 377 g/mol. The highest BCUT2D eigenvalue weighted by molar-refractivity contribution is 6.43. The van der Waals surface area contributed by atoms with Crippen molar-refractivity contribution < 1.29 is 24.5 Å². The fraction of sp³-hybridized carbons (Fsp3) is 0.182. The van der Waals surface area contributed by atoms with Gasteiger partial charge >= 0.3 is 5.97 Å². The van der Waals surface area contributed by atoms with E-state index in [0.29, 0.717) is 23.0 Å². The van der Waals surface area contributed by atoms with Crippen molar-refractivity contribution in [1.29, 1.82) is 0 Å². The lowest BCUT2D eigenvalue weighted by Crippen LogP contribution is -2.08. The molecule has 6 nitrogen and oxygen atoms in total. The van der Waals surface area contributed by atoms with Crippen LogP contribution in [0.25, 0.3) is 16.7 Å². The summed E-state index contributed by atoms with van der Waals surface area (Å²) < 4.78 is 6.63. The molecule has 2 N–H and O–H groups in total. The summed E-state index contributed by atoms with van der Waals surface area (Å²) in [4.78, 5) is 23.4. The Hall–Kier alpha value is -3.54. The molecule has 1 aliphatic rings. The first-order valence-electron chi connectivity index (χ1n) is 8.88. The summed E-state index contributed by atoms with van der Waals surface area (Å²) in [7, 11) is 0. The van der Waals surface area contributed by atoms with Crippen LogP contribution >= 0.6 is 0 Å². The number of carbonyl (C=O) groups excluding carboxylic acids is 2. The molecule has 4 rings (SSSR count). The number of aromatic hydroxyl groups is 1. The second-order valence-electron chi connectivity index (χ2n) is 6.93. The lowest BCUT2D eigenvalue weighted by atomic mass is 10.0. The van der Waals surface area contributed by atoms with Crippen LogP contribution in [0.3, 0.4) is 0 Å². The fourth-order valence-corrected chi connectivity index (χ4v) is 3.54. The topological polar surface area (TPSA) is 88.8 Å². The number of benzene rings is 2. The summed E-state index contributed by atoms with van der Waals surface area (Å²) in [5.74, 6) is -2.20. The second-order valence-corrected chi connectivity index (χ2v) is 6.93. The molecule has 1 fully saturated rings. The molecular formula is C22H19NO5. The smallest absolute Gasteiger partial charge is 0.379 e. The van der Waals surface area contributed by atoms with Gasteiger partial charge in [-0.1, -0.05) is 24.3 Å². The minimum absolute atomic E-state index is 0.0166. The monoisotopic (exact) mass is 377 g/mol. The van der Waals surface area contributed by atoms with Crippen molar-refractivity contribution in [2.24, 2.45) is 0 Å². The first-order valence-corrected chi connectivity index (χ1v) is 8.88. The molecule has 1 saturated heterocycles. The van der Waals surface area contributed by atoms with Crippen LogP contribution in [0.15, 0.2) is 48.2 Å². The zero-order valence-electron chi connectivity index (χ0n) is 15.5. The Balaban J connectivity index is 1.90. The zero-order valence-corrected chi connectivity index (χ0v) is 15.5. The van der Waals surface area contributed by atoms with Gasteiger partial charge in [-0.25, -0.2) is 4.79 Å². The molecule has 2 aromatic carbocycles. The van der Waals surface area contributed by atoms with Crippen molar-refractivity contribution in [3.05, 3.63) is 70.4 Å². The van der Waals surface area contributed by atoms with Gasteiger partial charge in [0.05, 0.1) is 16.5 Å². The number of ketones is 1. The number of phenolic OH excluding ortho intramolecular Hbond substituents is 1. The molecule has 3 aromatic rings. The summed E-state index contributed by atoms with van der Waals surface area (Å²) in [5, 5.41) is 21.5. The SMILES string of the molecule is Cc1cccc(Cn2cc(C(O)=C3COC(=O)C3=O)c3c(O)cccc32)c1C. The Labute approximate surface area is 161 Å². The first kappa shape index (κ1) is 17.9. The number of aromatic nitrogens is 1. The van der Waals surface area contributed by atoms with Gasteiger partial charge in [-0.05, 0) is 42.7 Å².